The van der Waals surface area contributed by atoms with Crippen molar-refractivity contribution in [2.45, 2.75) is 52.4 Å². The Bertz CT molecular complexity index is 2460. The van der Waals surface area contributed by atoms with Crippen LogP contribution >= 0.6 is 0 Å². The molecule has 0 saturated heterocycles. The molecule has 0 aliphatic carbocycles. The Morgan fingerprint density at radius 2 is 0.818 bits per heavy atom. The fourth-order valence-corrected chi connectivity index (χ4v) is 7.50. The molecule has 0 bridgehead atoms. The minimum atomic E-state index is 0.0958. The van der Waals surface area contributed by atoms with E-state index >= 15 is 0 Å². The highest BCUT2D eigenvalue weighted by Crippen LogP contribution is 2.41. The quantitative estimate of drug-likeness (QED) is 0.164. The summed E-state index contributed by atoms with van der Waals surface area (Å²) >= 11 is 0. The number of rotatable bonds is 7. The van der Waals surface area contributed by atoms with Gasteiger partial charge in [-0.1, -0.05) is 157 Å². The Morgan fingerprint density at radius 3 is 1.33 bits per heavy atom. The summed E-state index contributed by atoms with van der Waals surface area (Å²) < 4.78 is 0. The van der Waals surface area contributed by atoms with Crippen LogP contribution in [0.2, 0.25) is 0 Å². The molecule has 0 unspecified atom stereocenters. The predicted octanol–water partition coefficient (Wildman–Crippen LogP) is 15.0. The van der Waals surface area contributed by atoms with E-state index in [0.717, 1.165) is 44.7 Å². The van der Waals surface area contributed by atoms with Crippen molar-refractivity contribution < 1.29 is 0 Å². The summed E-state index contributed by atoms with van der Waals surface area (Å²) in [7, 11) is 0. The summed E-state index contributed by atoms with van der Waals surface area (Å²) in [6, 6.07) is 63.9. The van der Waals surface area contributed by atoms with E-state index in [2.05, 4.69) is 222 Å². The molecule has 0 atom stereocenters. The Labute approximate surface area is 326 Å². The lowest BCUT2D eigenvalue weighted by atomic mass is 9.85. The minimum Gasteiger partial charge on any atom is -0.310 e. The van der Waals surface area contributed by atoms with Crippen LogP contribution in [0.3, 0.4) is 0 Å². The van der Waals surface area contributed by atoms with Gasteiger partial charge in [-0.2, -0.15) is 0 Å². The molecule has 0 aliphatic heterocycles. The van der Waals surface area contributed by atoms with Crippen molar-refractivity contribution in [1.29, 1.82) is 0 Å². The third-order valence-electron chi connectivity index (χ3n) is 10.6. The van der Waals surface area contributed by atoms with Gasteiger partial charge >= 0.3 is 0 Å². The maximum Gasteiger partial charge on any atom is 0.0781 e. The van der Waals surface area contributed by atoms with Gasteiger partial charge in [0.2, 0.25) is 0 Å². The first-order chi connectivity index (χ1) is 26.5. The van der Waals surface area contributed by atoms with Crippen LogP contribution in [0.25, 0.3) is 55.4 Å². The molecule has 270 valence electrons. The van der Waals surface area contributed by atoms with Crippen molar-refractivity contribution in [3.63, 3.8) is 0 Å². The largest absolute Gasteiger partial charge is 0.310 e. The number of hydrogen-bond acceptors (Lipinski definition) is 2. The second kappa shape index (κ2) is 14.5. The third-order valence-corrected chi connectivity index (χ3v) is 10.6. The Morgan fingerprint density at radius 1 is 0.364 bits per heavy atom. The van der Waals surface area contributed by atoms with Crippen molar-refractivity contribution in [3.8, 4) is 44.6 Å². The smallest absolute Gasteiger partial charge is 0.0781 e. The van der Waals surface area contributed by atoms with Crippen molar-refractivity contribution in [2.75, 3.05) is 4.90 Å². The molecule has 2 heteroatoms. The summed E-state index contributed by atoms with van der Waals surface area (Å²) in [6.45, 7) is 13.6. The lowest BCUT2D eigenvalue weighted by molar-refractivity contribution is 0.590. The summed E-state index contributed by atoms with van der Waals surface area (Å²) in [6.07, 6.45) is 1.95. The van der Waals surface area contributed by atoms with Crippen LogP contribution in [0.4, 0.5) is 17.1 Å². The Hall–Kier alpha value is -6.25. The standard InChI is InChI=1S/C53H48N2/c1-52(2,3)44-27-23-37(24-28-44)41-34-42(38-25-29-45(30-26-38)53(4,5)6)36-43(35-41)39-15-13-16-40(33-39)51-49-21-14-22-50(48(49)31-32-54-51)55(46-17-9-7-10-18-46)47-19-11-8-12-20-47/h7-36H,1-6H3. The number of nitrogens with zero attached hydrogens (tertiary/aromatic N) is 2. The van der Waals surface area contributed by atoms with E-state index in [1.165, 1.54) is 38.9 Å². The normalized spacial score (nSPS) is 11.8. The molecular weight excluding hydrogens is 665 g/mol. The molecule has 8 aromatic rings. The number of para-hydroxylation sites is 2. The molecule has 0 N–H and O–H groups in total. The molecule has 0 spiro atoms. The van der Waals surface area contributed by atoms with E-state index in [0.29, 0.717) is 0 Å². The lowest BCUT2D eigenvalue weighted by Gasteiger charge is -2.27. The van der Waals surface area contributed by atoms with E-state index in [-0.39, 0.29) is 10.8 Å². The SMILES string of the molecule is CC(C)(C)c1ccc(-c2cc(-c3ccc(C(C)(C)C)cc3)cc(-c3cccc(-c4nccc5c(N(c6ccccc6)c6ccccc6)cccc45)c3)c2)cc1. The fourth-order valence-electron chi connectivity index (χ4n) is 7.50. The van der Waals surface area contributed by atoms with Crippen molar-refractivity contribution in [1.82, 2.24) is 4.98 Å². The molecule has 0 radical (unpaired) electrons. The van der Waals surface area contributed by atoms with Crippen molar-refractivity contribution in [2.24, 2.45) is 0 Å². The van der Waals surface area contributed by atoms with E-state index < -0.39 is 0 Å². The highest BCUT2D eigenvalue weighted by atomic mass is 15.1. The summed E-state index contributed by atoms with van der Waals surface area (Å²) in [4.78, 5) is 7.36. The van der Waals surface area contributed by atoms with E-state index in [1.54, 1.807) is 0 Å². The monoisotopic (exact) mass is 712 g/mol. The second-order valence-corrected chi connectivity index (χ2v) is 16.6. The van der Waals surface area contributed by atoms with Gasteiger partial charge in [0.15, 0.2) is 0 Å². The third kappa shape index (κ3) is 7.46. The van der Waals surface area contributed by atoms with E-state index in [4.69, 9.17) is 4.98 Å². The highest BCUT2D eigenvalue weighted by Gasteiger charge is 2.19. The van der Waals surface area contributed by atoms with Gasteiger partial charge in [0.1, 0.15) is 0 Å². The number of pyridine rings is 1. The predicted molar refractivity (Wildman–Crippen MR) is 236 cm³/mol. The van der Waals surface area contributed by atoms with E-state index in [9.17, 15) is 0 Å². The van der Waals surface area contributed by atoms with Crippen molar-refractivity contribution in [3.05, 3.63) is 193 Å². The second-order valence-electron chi connectivity index (χ2n) is 16.6. The maximum absolute atomic E-state index is 5.03. The first-order valence-electron chi connectivity index (χ1n) is 19.3. The van der Waals surface area contributed by atoms with Gasteiger partial charge in [-0.15, -0.1) is 0 Å². The molecule has 0 saturated carbocycles. The van der Waals surface area contributed by atoms with Crippen LogP contribution < -0.4 is 4.90 Å². The van der Waals surface area contributed by atoms with Gasteiger partial charge in [-0.3, -0.25) is 4.98 Å². The Kier molecular flexibility index (Phi) is 9.45. The zero-order valence-corrected chi connectivity index (χ0v) is 32.7. The van der Waals surface area contributed by atoms with E-state index in [1.807, 2.05) is 6.20 Å². The molecule has 0 fully saturated rings. The molecule has 8 rings (SSSR count). The molecule has 0 aliphatic rings. The van der Waals surface area contributed by atoms with Crippen LogP contribution in [0.1, 0.15) is 52.7 Å². The van der Waals surface area contributed by atoms with Gasteiger partial charge in [-0.25, -0.2) is 0 Å². The van der Waals surface area contributed by atoms with Gasteiger partial charge in [0.25, 0.3) is 0 Å². The molecule has 2 nitrogen and oxygen atoms in total. The number of anilines is 3. The Balaban J connectivity index is 1.25. The first-order valence-corrected chi connectivity index (χ1v) is 19.3. The summed E-state index contributed by atoms with van der Waals surface area (Å²) in [5, 5.41) is 2.26. The number of benzene rings is 7. The van der Waals surface area contributed by atoms with Crippen LogP contribution in [0.5, 0.6) is 0 Å². The molecular formula is C53H48N2. The van der Waals surface area contributed by atoms with Crippen molar-refractivity contribution >= 4 is 27.8 Å². The molecule has 1 heterocycles. The lowest BCUT2D eigenvalue weighted by Crippen LogP contribution is -2.10. The maximum atomic E-state index is 5.03. The van der Waals surface area contributed by atoms with Crippen LogP contribution in [0, 0.1) is 0 Å². The fraction of sp³-hybridized carbons (Fsp3) is 0.151. The first kappa shape index (κ1) is 35.8. The molecule has 7 aromatic carbocycles. The number of aromatic nitrogens is 1. The molecule has 0 amide bonds. The average Bonchev–Trinajstić information content (AvgIpc) is 3.21. The average molecular weight is 713 g/mol. The van der Waals surface area contributed by atoms with Crippen LogP contribution in [-0.4, -0.2) is 4.98 Å². The van der Waals surface area contributed by atoms with Crippen LogP contribution in [-0.2, 0) is 10.8 Å². The van der Waals surface area contributed by atoms with Gasteiger partial charge in [0, 0.05) is 33.9 Å². The summed E-state index contributed by atoms with van der Waals surface area (Å²) in [5.74, 6) is 0. The summed E-state index contributed by atoms with van der Waals surface area (Å²) in [5.41, 5.74) is 15.4. The zero-order valence-electron chi connectivity index (χ0n) is 32.7. The topological polar surface area (TPSA) is 16.1 Å². The van der Waals surface area contributed by atoms with Crippen LogP contribution in [0.15, 0.2) is 182 Å². The zero-order chi connectivity index (χ0) is 38.2. The van der Waals surface area contributed by atoms with Gasteiger partial charge in [0.05, 0.1) is 11.4 Å². The minimum absolute atomic E-state index is 0.0958. The van der Waals surface area contributed by atoms with Gasteiger partial charge < -0.3 is 4.90 Å². The number of hydrogen-bond donors (Lipinski definition) is 0. The molecule has 55 heavy (non-hydrogen) atoms. The molecule has 1 aromatic heterocycles. The van der Waals surface area contributed by atoms with Gasteiger partial charge in [-0.05, 0) is 116 Å². The number of fused-ring (bicyclic) bond motifs is 1. The highest BCUT2D eigenvalue weighted by molar-refractivity contribution is 6.04.